The van der Waals surface area contributed by atoms with Crippen molar-refractivity contribution in [2.75, 3.05) is 0 Å². The highest BCUT2D eigenvalue weighted by Gasteiger charge is 2.51. The third kappa shape index (κ3) is 4.41. The van der Waals surface area contributed by atoms with Crippen LogP contribution in [0, 0.1) is 24.7 Å². The topological polar surface area (TPSA) is 101 Å². The second-order valence-corrected chi connectivity index (χ2v) is 17.1. The summed E-state index contributed by atoms with van der Waals surface area (Å²) in [6, 6.07) is 11.8. The van der Waals surface area contributed by atoms with Gasteiger partial charge < -0.3 is 8.74 Å². The van der Waals surface area contributed by atoms with E-state index in [4.69, 9.17) is 4.18 Å². The molecular formula is C35H39O6S2-. The van der Waals surface area contributed by atoms with E-state index in [0.29, 0.717) is 52.2 Å². The Kier molecular flexibility index (Phi) is 6.39. The lowest BCUT2D eigenvalue weighted by Gasteiger charge is -2.34. The molecule has 0 radical (unpaired) electrons. The zero-order chi connectivity index (χ0) is 29.7. The molecule has 43 heavy (non-hydrogen) atoms. The van der Waals surface area contributed by atoms with Gasteiger partial charge in [-0.1, -0.05) is 30.7 Å². The molecule has 8 heteroatoms. The lowest BCUT2D eigenvalue weighted by Crippen LogP contribution is -2.28. The Labute approximate surface area is 255 Å². The van der Waals surface area contributed by atoms with Crippen LogP contribution in [0.3, 0.4) is 0 Å². The zero-order valence-corrected chi connectivity index (χ0v) is 26.4. The molecule has 0 saturated heterocycles. The molecule has 3 unspecified atom stereocenters. The van der Waals surface area contributed by atoms with Crippen LogP contribution in [-0.2, 0) is 38.5 Å². The number of benzene rings is 3. The quantitative estimate of drug-likeness (QED) is 0.210. The van der Waals surface area contributed by atoms with Crippen LogP contribution in [0.1, 0.15) is 104 Å². The van der Waals surface area contributed by atoms with Gasteiger partial charge in [0.05, 0.1) is 4.90 Å². The molecule has 8 rings (SSSR count). The highest BCUT2D eigenvalue weighted by atomic mass is 32.2. The normalized spacial score (nSPS) is 29.8. The molecule has 0 N–H and O–H groups in total. The SMILES string of the molecule is Cc1cc(S(=O)(=O)[O-])c2c(c1OS(=O)(=O)c1c(C3CC4CCC3C4)cc3ccccc3c1C13CCC(CC1)C3)CCCC2. The van der Waals surface area contributed by atoms with Gasteiger partial charge in [-0.2, -0.15) is 8.42 Å². The van der Waals surface area contributed by atoms with Gasteiger partial charge in [-0.3, -0.25) is 0 Å². The van der Waals surface area contributed by atoms with Crippen molar-refractivity contribution in [3.8, 4) is 5.75 Å². The Bertz CT molecular complexity index is 1870. The summed E-state index contributed by atoms with van der Waals surface area (Å²) in [5.74, 6) is 2.18. The van der Waals surface area contributed by atoms with Gasteiger partial charge in [-0.15, -0.1) is 0 Å². The minimum absolute atomic E-state index is 0.182. The lowest BCUT2D eigenvalue weighted by atomic mass is 9.73. The van der Waals surface area contributed by atoms with Crippen LogP contribution < -0.4 is 4.18 Å². The van der Waals surface area contributed by atoms with E-state index in [0.717, 1.165) is 86.1 Å². The summed E-state index contributed by atoms with van der Waals surface area (Å²) in [4.78, 5) is 0.149. The van der Waals surface area contributed by atoms with E-state index in [1.807, 2.05) is 12.1 Å². The van der Waals surface area contributed by atoms with E-state index in [-0.39, 0.29) is 22.0 Å². The van der Waals surface area contributed by atoms with Crippen molar-refractivity contribution < 1.29 is 25.6 Å². The lowest BCUT2D eigenvalue weighted by molar-refractivity contribution is 0.396. The van der Waals surface area contributed by atoms with E-state index < -0.39 is 20.2 Å². The maximum atomic E-state index is 15.0. The average molecular weight is 620 g/mol. The summed E-state index contributed by atoms with van der Waals surface area (Å²) >= 11 is 0. The average Bonchev–Trinajstić information content (AvgIpc) is 3.79. The number of fused-ring (bicyclic) bond motifs is 6. The van der Waals surface area contributed by atoms with Crippen molar-refractivity contribution in [3.05, 3.63) is 64.2 Å². The fourth-order valence-corrected chi connectivity index (χ4v) is 12.6. The number of hydrogen-bond acceptors (Lipinski definition) is 6. The fourth-order valence-electron chi connectivity index (χ4n) is 10.1. The minimum Gasteiger partial charge on any atom is -0.744 e. The van der Waals surface area contributed by atoms with E-state index in [2.05, 4.69) is 18.2 Å². The van der Waals surface area contributed by atoms with Crippen molar-refractivity contribution in [2.45, 2.75) is 112 Å². The van der Waals surface area contributed by atoms with Crippen molar-refractivity contribution in [2.24, 2.45) is 17.8 Å². The molecular weight excluding hydrogens is 581 g/mol. The summed E-state index contributed by atoms with van der Waals surface area (Å²) in [6.07, 6.45) is 12.3. The Morgan fingerprint density at radius 1 is 0.884 bits per heavy atom. The predicted octanol–water partition coefficient (Wildman–Crippen LogP) is 7.43. The molecule has 3 atom stereocenters. The predicted molar refractivity (Wildman–Crippen MR) is 164 cm³/mol. The first kappa shape index (κ1) is 28.1. The molecule has 6 nitrogen and oxygen atoms in total. The highest BCUT2D eigenvalue weighted by molar-refractivity contribution is 7.87. The van der Waals surface area contributed by atoms with Gasteiger partial charge in [0.1, 0.15) is 20.8 Å². The molecule has 5 aliphatic rings. The van der Waals surface area contributed by atoms with E-state index in [1.165, 1.54) is 12.5 Å². The minimum atomic E-state index is -4.71. The third-order valence-corrected chi connectivity index (χ3v) is 14.1. The van der Waals surface area contributed by atoms with E-state index >= 15 is 0 Å². The molecule has 0 amide bonds. The van der Waals surface area contributed by atoms with Crippen LogP contribution in [0.15, 0.2) is 46.2 Å². The second kappa shape index (κ2) is 9.79. The first-order valence-electron chi connectivity index (χ1n) is 16.2. The molecule has 0 spiro atoms. The largest absolute Gasteiger partial charge is 0.744 e. The van der Waals surface area contributed by atoms with Gasteiger partial charge in [0.2, 0.25) is 0 Å². The Balaban J connectivity index is 1.37. The van der Waals surface area contributed by atoms with Crippen molar-refractivity contribution >= 4 is 31.0 Å². The van der Waals surface area contributed by atoms with Crippen LogP contribution in [0.2, 0.25) is 0 Å². The molecule has 4 saturated carbocycles. The van der Waals surface area contributed by atoms with Crippen molar-refractivity contribution in [3.63, 3.8) is 0 Å². The summed E-state index contributed by atoms with van der Waals surface area (Å²) < 4.78 is 72.9. The van der Waals surface area contributed by atoms with Crippen molar-refractivity contribution in [1.82, 2.24) is 0 Å². The molecule has 0 aromatic heterocycles. The highest BCUT2D eigenvalue weighted by Crippen LogP contribution is 2.61. The second-order valence-electron chi connectivity index (χ2n) is 14.3. The van der Waals surface area contributed by atoms with E-state index in [9.17, 15) is 21.4 Å². The zero-order valence-electron chi connectivity index (χ0n) is 24.7. The Hall–Kier alpha value is -2.42. The summed E-state index contributed by atoms with van der Waals surface area (Å²) in [6.45, 7) is 1.66. The molecule has 5 aliphatic carbocycles. The number of hydrogen-bond donors (Lipinski definition) is 0. The molecule has 4 fully saturated rings. The molecule has 4 bridgehead atoms. The van der Waals surface area contributed by atoms with Gasteiger partial charge in [0.25, 0.3) is 0 Å². The van der Waals surface area contributed by atoms with Crippen LogP contribution in [0.25, 0.3) is 10.8 Å². The van der Waals surface area contributed by atoms with E-state index in [1.54, 1.807) is 6.92 Å². The standard InChI is InChI=1S/C35H40O6S2/c1-21-16-31(42(36,37)38)27-8-4-5-9-28(27)33(21)41-43(39,40)34-30(29-18-23-10-11-25(29)17-23)19-24-6-2-3-7-26(24)32(34)35-14-12-22(20-35)13-15-35/h2-3,6-7,16,19,22-23,25,29H,4-5,8-15,17-18,20H2,1H3,(H,36,37,38)/p-1. The molecule has 3 aromatic carbocycles. The maximum absolute atomic E-state index is 15.0. The van der Waals surface area contributed by atoms with Gasteiger partial charge >= 0.3 is 10.1 Å². The summed E-state index contributed by atoms with van der Waals surface area (Å²) in [5.41, 5.74) is 3.08. The first-order valence-corrected chi connectivity index (χ1v) is 19.0. The van der Waals surface area contributed by atoms with Gasteiger partial charge in [-0.25, -0.2) is 8.42 Å². The number of rotatable bonds is 6. The molecule has 0 heterocycles. The van der Waals surface area contributed by atoms with Crippen LogP contribution in [-0.4, -0.2) is 21.4 Å². The molecule has 3 aromatic rings. The van der Waals surface area contributed by atoms with Crippen LogP contribution in [0.5, 0.6) is 5.75 Å². The van der Waals surface area contributed by atoms with Crippen LogP contribution >= 0.6 is 0 Å². The van der Waals surface area contributed by atoms with Gasteiger partial charge in [-0.05, 0) is 158 Å². The first-order chi connectivity index (χ1) is 20.5. The van der Waals surface area contributed by atoms with Crippen molar-refractivity contribution in [1.29, 1.82) is 0 Å². The number of aryl methyl sites for hydroxylation is 1. The molecule has 228 valence electrons. The Morgan fingerprint density at radius 3 is 2.28 bits per heavy atom. The monoisotopic (exact) mass is 619 g/mol. The Morgan fingerprint density at radius 2 is 1.63 bits per heavy atom. The van der Waals surface area contributed by atoms with Gasteiger partial charge in [0, 0.05) is 5.56 Å². The van der Waals surface area contributed by atoms with Gasteiger partial charge in [0.15, 0.2) is 0 Å². The van der Waals surface area contributed by atoms with Crippen LogP contribution in [0.4, 0.5) is 0 Å². The third-order valence-electron chi connectivity index (χ3n) is 11.9. The smallest absolute Gasteiger partial charge is 0.339 e. The fraction of sp³-hybridized carbons (Fsp3) is 0.543. The maximum Gasteiger partial charge on any atom is 0.339 e. The summed E-state index contributed by atoms with van der Waals surface area (Å²) in [7, 11) is -9.03. The summed E-state index contributed by atoms with van der Waals surface area (Å²) in [5, 5.41) is 2.13. The molecule has 0 aliphatic heterocycles.